The molecule has 0 aliphatic rings. The highest BCUT2D eigenvalue weighted by Crippen LogP contribution is 2.45. The molecular formula is C45H28N2S. The molecule has 0 amide bonds. The van der Waals surface area contributed by atoms with Crippen LogP contribution in [0, 0.1) is 0 Å². The van der Waals surface area contributed by atoms with Crippen LogP contribution in [0.25, 0.3) is 92.1 Å². The molecule has 10 aromatic rings. The molecule has 0 N–H and O–H groups in total. The first-order valence-electron chi connectivity index (χ1n) is 16.3. The summed E-state index contributed by atoms with van der Waals surface area (Å²) in [7, 11) is 0. The van der Waals surface area contributed by atoms with Crippen LogP contribution in [0.4, 0.5) is 0 Å². The third-order valence-electron chi connectivity index (χ3n) is 9.58. The van der Waals surface area contributed by atoms with Gasteiger partial charge in [-0.1, -0.05) is 127 Å². The van der Waals surface area contributed by atoms with Gasteiger partial charge in [0.05, 0.1) is 11.0 Å². The van der Waals surface area contributed by atoms with Gasteiger partial charge in [-0.05, 0) is 86.3 Å². The highest BCUT2D eigenvalue weighted by molar-refractivity contribution is 7.25. The number of thiophene rings is 1. The number of para-hydroxylation sites is 2. The molecule has 10 rings (SSSR count). The van der Waals surface area contributed by atoms with Gasteiger partial charge in [-0.3, -0.25) is 4.57 Å². The van der Waals surface area contributed by atoms with E-state index in [1.54, 1.807) is 0 Å². The summed E-state index contributed by atoms with van der Waals surface area (Å²) in [6.07, 6.45) is 0. The van der Waals surface area contributed by atoms with Gasteiger partial charge in [0, 0.05) is 31.4 Å². The first kappa shape index (κ1) is 27.1. The largest absolute Gasteiger partial charge is 0.292 e. The van der Waals surface area contributed by atoms with Crippen LogP contribution in [0.1, 0.15) is 0 Å². The number of imidazole rings is 1. The van der Waals surface area contributed by atoms with Crippen molar-refractivity contribution in [2.24, 2.45) is 0 Å². The Kier molecular flexibility index (Phi) is 6.08. The van der Waals surface area contributed by atoms with Crippen molar-refractivity contribution in [2.75, 3.05) is 0 Å². The highest BCUT2D eigenvalue weighted by Gasteiger charge is 2.19. The second-order valence-electron chi connectivity index (χ2n) is 12.3. The Bertz CT molecular complexity index is 2780. The van der Waals surface area contributed by atoms with E-state index in [2.05, 4.69) is 174 Å². The molecule has 8 aromatic carbocycles. The zero-order valence-corrected chi connectivity index (χ0v) is 26.8. The molecule has 2 heterocycles. The van der Waals surface area contributed by atoms with Crippen molar-refractivity contribution in [1.29, 1.82) is 0 Å². The lowest BCUT2D eigenvalue weighted by molar-refractivity contribution is 1.10. The van der Waals surface area contributed by atoms with Crippen LogP contribution >= 0.6 is 11.3 Å². The first-order valence-corrected chi connectivity index (χ1v) is 17.1. The molecule has 2 nitrogen and oxygen atoms in total. The van der Waals surface area contributed by atoms with E-state index in [1.165, 1.54) is 64.0 Å². The quantitative estimate of drug-likeness (QED) is 0.177. The highest BCUT2D eigenvalue weighted by atomic mass is 32.1. The van der Waals surface area contributed by atoms with Crippen LogP contribution in [0.3, 0.4) is 0 Å². The van der Waals surface area contributed by atoms with Crippen molar-refractivity contribution < 1.29 is 0 Å². The summed E-state index contributed by atoms with van der Waals surface area (Å²) in [5.41, 5.74) is 9.22. The van der Waals surface area contributed by atoms with E-state index in [9.17, 15) is 0 Å². The van der Waals surface area contributed by atoms with E-state index in [0.29, 0.717) is 0 Å². The second kappa shape index (κ2) is 10.8. The van der Waals surface area contributed by atoms with E-state index >= 15 is 0 Å². The Morgan fingerprint density at radius 1 is 0.396 bits per heavy atom. The summed E-state index contributed by atoms with van der Waals surface area (Å²) in [5.74, 6) is 0.940. The van der Waals surface area contributed by atoms with Gasteiger partial charge in [0.15, 0.2) is 0 Å². The minimum atomic E-state index is 0.940. The number of nitrogens with zero attached hydrogens (tertiary/aromatic N) is 2. The minimum absolute atomic E-state index is 0.940. The number of hydrogen-bond acceptors (Lipinski definition) is 2. The van der Waals surface area contributed by atoms with E-state index in [4.69, 9.17) is 4.98 Å². The summed E-state index contributed by atoms with van der Waals surface area (Å²) in [6, 6.07) is 61.4. The van der Waals surface area contributed by atoms with Crippen LogP contribution in [0.5, 0.6) is 0 Å². The fraction of sp³-hybridized carbons (Fsp3) is 0. The summed E-state index contributed by atoms with van der Waals surface area (Å²) < 4.78 is 4.95. The fourth-order valence-corrected chi connectivity index (χ4v) is 8.59. The van der Waals surface area contributed by atoms with Crippen molar-refractivity contribution >= 4 is 64.1 Å². The van der Waals surface area contributed by atoms with Crippen LogP contribution < -0.4 is 0 Å². The molecule has 0 atom stereocenters. The van der Waals surface area contributed by atoms with E-state index in [0.717, 1.165) is 28.1 Å². The Labute approximate surface area is 281 Å². The maximum absolute atomic E-state index is 5.11. The average Bonchev–Trinajstić information content (AvgIpc) is 3.73. The molecule has 0 aliphatic carbocycles. The Balaban J connectivity index is 1.23. The van der Waals surface area contributed by atoms with Gasteiger partial charge in [0.25, 0.3) is 0 Å². The van der Waals surface area contributed by atoms with Crippen molar-refractivity contribution in [2.45, 2.75) is 0 Å². The lowest BCUT2D eigenvalue weighted by Crippen LogP contribution is -1.98. The van der Waals surface area contributed by atoms with Crippen molar-refractivity contribution in [3.8, 4) is 39.3 Å². The third kappa shape index (κ3) is 4.15. The maximum atomic E-state index is 5.11. The molecule has 0 saturated carbocycles. The standard InChI is InChI=1S/C45H28N2S/c1-2-13-29(14-3-1)45-46-39-22-9-10-23-40(39)47(45)32-16-12-15-30(27-32)43-34-18-4-6-20-36(34)44(37-21-7-5-19-35(37)43)31-25-26-42-38(28-31)33-17-8-11-24-41(33)48-42/h1-28H. The Morgan fingerprint density at radius 3 is 1.69 bits per heavy atom. The summed E-state index contributed by atoms with van der Waals surface area (Å²) in [5, 5.41) is 7.65. The van der Waals surface area contributed by atoms with Gasteiger partial charge < -0.3 is 0 Å². The van der Waals surface area contributed by atoms with E-state index in [-0.39, 0.29) is 0 Å². The van der Waals surface area contributed by atoms with Gasteiger partial charge in [0.2, 0.25) is 0 Å². The van der Waals surface area contributed by atoms with Gasteiger partial charge in [0.1, 0.15) is 5.82 Å². The lowest BCUT2D eigenvalue weighted by atomic mass is 9.85. The minimum Gasteiger partial charge on any atom is -0.292 e. The summed E-state index contributed by atoms with van der Waals surface area (Å²) >= 11 is 1.87. The molecule has 0 spiro atoms. The van der Waals surface area contributed by atoms with Crippen LogP contribution in [0.2, 0.25) is 0 Å². The van der Waals surface area contributed by atoms with E-state index in [1.807, 2.05) is 11.3 Å². The van der Waals surface area contributed by atoms with Gasteiger partial charge in [-0.2, -0.15) is 0 Å². The zero-order valence-electron chi connectivity index (χ0n) is 26.0. The molecule has 224 valence electrons. The lowest BCUT2D eigenvalue weighted by Gasteiger charge is -2.18. The molecule has 0 saturated heterocycles. The van der Waals surface area contributed by atoms with Crippen molar-refractivity contribution in [1.82, 2.24) is 9.55 Å². The Morgan fingerprint density at radius 2 is 0.958 bits per heavy atom. The molecule has 0 bridgehead atoms. The van der Waals surface area contributed by atoms with Gasteiger partial charge in [-0.15, -0.1) is 11.3 Å². The molecule has 0 radical (unpaired) electrons. The molecule has 48 heavy (non-hydrogen) atoms. The third-order valence-corrected chi connectivity index (χ3v) is 10.7. The molecule has 2 aromatic heterocycles. The number of rotatable bonds is 4. The number of fused-ring (bicyclic) bond motifs is 6. The SMILES string of the molecule is c1ccc(-c2nc3ccccc3n2-c2cccc(-c3c4ccccc4c(-c4ccc5sc6ccccc6c5c4)c4ccccc34)c2)cc1. The molecule has 0 unspecified atom stereocenters. The second-order valence-corrected chi connectivity index (χ2v) is 13.4. The molecule has 3 heteroatoms. The fourth-order valence-electron chi connectivity index (χ4n) is 7.50. The monoisotopic (exact) mass is 628 g/mol. The van der Waals surface area contributed by atoms with Crippen molar-refractivity contribution in [3.63, 3.8) is 0 Å². The average molecular weight is 629 g/mol. The molecule has 0 aliphatic heterocycles. The predicted molar refractivity (Wildman–Crippen MR) is 205 cm³/mol. The van der Waals surface area contributed by atoms with Gasteiger partial charge in [-0.25, -0.2) is 4.98 Å². The summed E-state index contributed by atoms with van der Waals surface area (Å²) in [6.45, 7) is 0. The predicted octanol–water partition coefficient (Wildman–Crippen LogP) is 12.7. The maximum Gasteiger partial charge on any atom is 0.145 e. The van der Waals surface area contributed by atoms with Crippen molar-refractivity contribution in [3.05, 3.63) is 170 Å². The smallest absolute Gasteiger partial charge is 0.145 e. The summed E-state index contributed by atoms with van der Waals surface area (Å²) in [4.78, 5) is 5.11. The molecular weight excluding hydrogens is 601 g/mol. The van der Waals surface area contributed by atoms with Gasteiger partial charge >= 0.3 is 0 Å². The number of benzene rings is 8. The van der Waals surface area contributed by atoms with Crippen LogP contribution in [-0.2, 0) is 0 Å². The Hall–Kier alpha value is -6.03. The first-order chi connectivity index (χ1) is 23.8. The van der Waals surface area contributed by atoms with Crippen LogP contribution in [-0.4, -0.2) is 9.55 Å². The molecule has 0 fully saturated rings. The zero-order chi connectivity index (χ0) is 31.6. The van der Waals surface area contributed by atoms with E-state index < -0.39 is 0 Å². The number of hydrogen-bond donors (Lipinski definition) is 0. The topological polar surface area (TPSA) is 17.8 Å². The van der Waals surface area contributed by atoms with Crippen LogP contribution in [0.15, 0.2) is 170 Å². The normalized spacial score (nSPS) is 11.8. The number of aromatic nitrogens is 2.